The van der Waals surface area contributed by atoms with Gasteiger partial charge in [-0.05, 0) is 57.9 Å². The van der Waals surface area contributed by atoms with E-state index in [1.807, 2.05) is 0 Å². The molecule has 0 radical (unpaired) electrons. The SMILES string of the molecule is [2H]C([2H])([2H])N(C(=O)OC(C)(C)C)c1cc(Nc2cccn(-c3ccccn3)c2=O)nc2c(C(=O)N[C@@H]3CC[C@H]3OC)onc12. The lowest BCUT2D eigenvalue weighted by atomic mass is 9.89. The monoisotopic (exact) mass is 564 g/mol. The first-order valence-corrected chi connectivity index (χ1v) is 12.8. The van der Waals surface area contributed by atoms with Crippen LogP contribution >= 0.6 is 0 Å². The highest BCUT2D eigenvalue weighted by Gasteiger charge is 2.34. The van der Waals surface area contributed by atoms with Gasteiger partial charge in [0.1, 0.15) is 28.4 Å². The number of carbonyl (C=O) groups excluding carboxylic acids is 2. The Kier molecular flexibility index (Phi) is 6.46. The average molecular weight is 565 g/mol. The lowest BCUT2D eigenvalue weighted by Gasteiger charge is -2.35. The Morgan fingerprint density at radius 1 is 1.20 bits per heavy atom. The van der Waals surface area contributed by atoms with Gasteiger partial charge in [-0.15, -0.1) is 0 Å². The number of nitrogens with one attached hydrogen (secondary N) is 2. The third-order valence-electron chi connectivity index (χ3n) is 6.38. The molecule has 5 rings (SSSR count). The van der Waals surface area contributed by atoms with Gasteiger partial charge < -0.3 is 24.6 Å². The summed E-state index contributed by atoms with van der Waals surface area (Å²) in [6.45, 7) is 1.72. The summed E-state index contributed by atoms with van der Waals surface area (Å²) in [7, 11) is 1.55. The summed E-state index contributed by atoms with van der Waals surface area (Å²) >= 11 is 0. The van der Waals surface area contributed by atoms with E-state index in [2.05, 4.69) is 25.8 Å². The molecule has 0 saturated heterocycles. The standard InChI is InChI=1S/C28H31N7O6/c1-28(2,3)40-27(38)34(4)18-15-20(30-17-9-8-14-35(26(17)37)21-10-6-7-13-29-21)32-23-22(18)33-41-24(23)25(36)31-16-11-12-19(16)39-5/h6-10,13-16,19H,11-12H2,1-5H3,(H,30,32)(H,31,36)/t16-,19-/m1/s1/i4D3. The predicted molar refractivity (Wildman–Crippen MR) is 151 cm³/mol. The Balaban J connectivity index is 1.63. The van der Waals surface area contributed by atoms with Gasteiger partial charge in [0.05, 0.1) is 17.8 Å². The number of ether oxygens (including phenoxy) is 2. The highest BCUT2D eigenvalue weighted by molar-refractivity contribution is 6.07. The number of hydrogen-bond donors (Lipinski definition) is 2. The van der Waals surface area contributed by atoms with Crippen molar-refractivity contribution < 1.29 is 27.7 Å². The highest BCUT2D eigenvalue weighted by atomic mass is 16.6. The van der Waals surface area contributed by atoms with Gasteiger partial charge in [0.2, 0.25) is 5.76 Å². The Morgan fingerprint density at radius 3 is 2.68 bits per heavy atom. The van der Waals surface area contributed by atoms with Gasteiger partial charge in [-0.1, -0.05) is 11.2 Å². The Bertz CT molecular complexity index is 1750. The molecule has 214 valence electrons. The van der Waals surface area contributed by atoms with Crippen molar-refractivity contribution >= 4 is 40.2 Å². The van der Waals surface area contributed by atoms with E-state index in [4.69, 9.17) is 18.1 Å². The van der Waals surface area contributed by atoms with Gasteiger partial charge in [0.25, 0.3) is 11.5 Å². The van der Waals surface area contributed by atoms with Gasteiger partial charge >= 0.3 is 6.09 Å². The Hall–Kier alpha value is -4.78. The average Bonchev–Trinajstić information content (AvgIpc) is 3.35. The molecular weight excluding hydrogens is 530 g/mol. The first-order valence-electron chi connectivity index (χ1n) is 14.3. The lowest BCUT2D eigenvalue weighted by molar-refractivity contribution is 0.00677. The molecule has 0 unspecified atom stereocenters. The molecule has 2 N–H and O–H groups in total. The number of anilines is 3. The molecule has 4 heterocycles. The maximum atomic E-state index is 13.4. The number of nitrogens with zero attached hydrogens (tertiary/aromatic N) is 5. The largest absolute Gasteiger partial charge is 0.443 e. The lowest BCUT2D eigenvalue weighted by Crippen LogP contribution is -2.51. The Labute approximate surface area is 239 Å². The van der Waals surface area contributed by atoms with Gasteiger partial charge in [-0.2, -0.15) is 0 Å². The van der Waals surface area contributed by atoms with E-state index in [9.17, 15) is 14.4 Å². The second kappa shape index (κ2) is 11.0. The van der Waals surface area contributed by atoms with Crippen molar-refractivity contribution in [3.63, 3.8) is 0 Å². The van der Waals surface area contributed by atoms with Crippen molar-refractivity contribution in [1.29, 1.82) is 0 Å². The van der Waals surface area contributed by atoms with Crippen LogP contribution in [-0.4, -0.2) is 63.5 Å². The molecule has 1 saturated carbocycles. The van der Waals surface area contributed by atoms with Crippen LogP contribution < -0.4 is 21.1 Å². The van der Waals surface area contributed by atoms with Crippen LogP contribution in [0.3, 0.4) is 0 Å². The first kappa shape index (κ1) is 24.1. The van der Waals surface area contributed by atoms with Gasteiger partial charge in [-0.25, -0.2) is 14.8 Å². The summed E-state index contributed by atoms with van der Waals surface area (Å²) in [6.07, 6.45) is 3.16. The van der Waals surface area contributed by atoms with Crippen LogP contribution in [0.1, 0.15) is 48.3 Å². The van der Waals surface area contributed by atoms with E-state index in [0.717, 1.165) is 6.42 Å². The van der Waals surface area contributed by atoms with Gasteiger partial charge in [0.15, 0.2) is 5.52 Å². The number of methoxy groups -OCH3 is 1. The zero-order valence-electron chi connectivity index (χ0n) is 25.9. The second-order valence-corrected chi connectivity index (χ2v) is 10.4. The summed E-state index contributed by atoms with van der Waals surface area (Å²) in [5.41, 5.74) is -2.09. The fraction of sp³-hybridized carbons (Fsp3) is 0.357. The van der Waals surface area contributed by atoms with E-state index in [1.54, 1.807) is 58.3 Å². The quantitative estimate of drug-likeness (QED) is 0.339. The number of amides is 2. The zero-order valence-corrected chi connectivity index (χ0v) is 22.9. The number of pyridine rings is 3. The van der Waals surface area contributed by atoms with Crippen molar-refractivity contribution in [2.75, 3.05) is 24.3 Å². The zero-order chi connectivity index (χ0) is 31.8. The molecule has 1 aliphatic carbocycles. The van der Waals surface area contributed by atoms with Gasteiger partial charge in [-0.3, -0.25) is 19.1 Å². The smallest absolute Gasteiger partial charge is 0.414 e. The maximum Gasteiger partial charge on any atom is 0.414 e. The third kappa shape index (κ3) is 5.75. The number of aromatic nitrogens is 4. The second-order valence-electron chi connectivity index (χ2n) is 10.4. The van der Waals surface area contributed by atoms with Crippen molar-refractivity contribution in [2.45, 2.75) is 51.4 Å². The fourth-order valence-corrected chi connectivity index (χ4v) is 4.25. The summed E-state index contributed by atoms with van der Waals surface area (Å²) in [5.74, 6) is -0.686. The molecule has 2 atom stereocenters. The first-order chi connectivity index (χ1) is 20.8. The molecule has 13 heteroatoms. The van der Waals surface area contributed by atoms with Crippen LogP contribution in [0, 0.1) is 0 Å². The molecule has 0 aliphatic heterocycles. The van der Waals surface area contributed by atoms with E-state index < -0.39 is 30.1 Å². The number of fused-ring (bicyclic) bond motifs is 1. The van der Waals surface area contributed by atoms with E-state index >= 15 is 0 Å². The van der Waals surface area contributed by atoms with Crippen LogP contribution in [0.4, 0.5) is 22.0 Å². The van der Waals surface area contributed by atoms with Crippen LogP contribution in [0.2, 0.25) is 0 Å². The normalized spacial score (nSPS) is 18.0. The molecule has 2 amide bonds. The summed E-state index contributed by atoms with van der Waals surface area (Å²) in [4.78, 5) is 49.0. The molecular formula is C28H31N7O6. The van der Waals surface area contributed by atoms with E-state index in [-0.39, 0.29) is 46.1 Å². The molecule has 1 aliphatic rings. The molecule has 13 nitrogen and oxygen atoms in total. The van der Waals surface area contributed by atoms with Crippen LogP contribution in [-0.2, 0) is 9.47 Å². The van der Waals surface area contributed by atoms with Crippen molar-refractivity contribution in [3.8, 4) is 5.82 Å². The minimum Gasteiger partial charge on any atom is -0.443 e. The predicted octanol–water partition coefficient (Wildman–Crippen LogP) is 3.79. The number of rotatable bonds is 7. The van der Waals surface area contributed by atoms with Crippen molar-refractivity contribution in [2.24, 2.45) is 0 Å². The molecule has 0 aromatic carbocycles. The number of carbonyl (C=O) groups is 2. The molecule has 41 heavy (non-hydrogen) atoms. The maximum absolute atomic E-state index is 13.4. The molecule has 0 spiro atoms. The molecule has 4 aromatic heterocycles. The molecule has 0 bridgehead atoms. The summed E-state index contributed by atoms with van der Waals surface area (Å²) in [5, 5.41) is 9.63. The van der Waals surface area contributed by atoms with Gasteiger partial charge in [0, 0.05) is 36.7 Å². The minimum absolute atomic E-state index is 0.0496. The highest BCUT2D eigenvalue weighted by Crippen LogP contribution is 2.32. The summed E-state index contributed by atoms with van der Waals surface area (Å²) in [6, 6.07) is 9.14. The van der Waals surface area contributed by atoms with Crippen molar-refractivity contribution in [3.05, 3.63) is 64.9 Å². The topological polar surface area (TPSA) is 154 Å². The minimum atomic E-state index is -3.05. The van der Waals surface area contributed by atoms with Crippen LogP contribution in [0.25, 0.3) is 16.9 Å². The molecule has 4 aromatic rings. The van der Waals surface area contributed by atoms with E-state index in [1.165, 1.54) is 22.9 Å². The third-order valence-corrected chi connectivity index (χ3v) is 6.38. The Morgan fingerprint density at radius 2 is 2.02 bits per heavy atom. The van der Waals surface area contributed by atoms with Crippen molar-refractivity contribution in [1.82, 2.24) is 25.0 Å². The summed E-state index contributed by atoms with van der Waals surface area (Å²) < 4.78 is 41.9. The number of hydrogen-bond acceptors (Lipinski definition) is 10. The fourth-order valence-electron chi connectivity index (χ4n) is 4.25. The molecule has 1 fully saturated rings. The van der Waals surface area contributed by atoms with Crippen LogP contribution in [0.5, 0.6) is 0 Å². The van der Waals surface area contributed by atoms with Crippen LogP contribution in [0.15, 0.2) is 58.1 Å². The van der Waals surface area contributed by atoms with E-state index in [0.29, 0.717) is 17.1 Å².